The summed E-state index contributed by atoms with van der Waals surface area (Å²) in [7, 11) is 0. The fraction of sp³-hybridized carbons (Fsp3) is 1.00. The van der Waals surface area contributed by atoms with E-state index in [4.69, 9.17) is 4.74 Å². The molecule has 1 heterocycles. The van der Waals surface area contributed by atoms with Crippen molar-refractivity contribution in [2.75, 3.05) is 6.61 Å². The number of rotatable bonds is 0. The molecule has 4 fully saturated rings. The molecule has 2 bridgehead atoms. The molecule has 0 N–H and O–H groups in total. The van der Waals surface area contributed by atoms with Gasteiger partial charge in [-0.05, 0) is 60.7 Å². The van der Waals surface area contributed by atoms with Crippen LogP contribution in [-0.2, 0) is 4.74 Å². The van der Waals surface area contributed by atoms with Gasteiger partial charge < -0.3 is 4.74 Å². The number of ether oxygens (including phenoxy) is 1. The predicted octanol–water partition coefficient (Wildman–Crippen LogP) is 3.63. The first-order valence-corrected chi connectivity index (χ1v) is 7.15. The number of epoxide rings is 1. The van der Waals surface area contributed by atoms with E-state index >= 15 is 0 Å². The lowest BCUT2D eigenvalue weighted by atomic mass is 9.65. The second-order valence-corrected chi connectivity index (χ2v) is 7.70. The molecule has 2 spiro atoms. The third-order valence-corrected chi connectivity index (χ3v) is 7.11. The molecule has 1 aliphatic heterocycles. The fourth-order valence-electron chi connectivity index (χ4n) is 6.12. The van der Waals surface area contributed by atoms with Gasteiger partial charge in [-0.3, -0.25) is 0 Å². The summed E-state index contributed by atoms with van der Waals surface area (Å²) in [6.45, 7) is 8.66. The third kappa shape index (κ3) is 0.868. The van der Waals surface area contributed by atoms with Gasteiger partial charge >= 0.3 is 0 Å². The zero-order valence-electron chi connectivity index (χ0n) is 10.9. The molecule has 0 aromatic heterocycles. The predicted molar refractivity (Wildman–Crippen MR) is 64.1 cm³/mol. The zero-order valence-corrected chi connectivity index (χ0v) is 10.9. The van der Waals surface area contributed by atoms with Crippen molar-refractivity contribution in [3.05, 3.63) is 0 Å². The Morgan fingerprint density at radius 1 is 1.06 bits per heavy atom. The number of hydrogen-bond acceptors (Lipinski definition) is 1. The van der Waals surface area contributed by atoms with Gasteiger partial charge in [-0.2, -0.15) is 0 Å². The van der Waals surface area contributed by atoms with Crippen molar-refractivity contribution in [3.63, 3.8) is 0 Å². The van der Waals surface area contributed by atoms with E-state index in [2.05, 4.69) is 20.8 Å². The molecule has 0 aromatic rings. The monoisotopic (exact) mass is 220 g/mol. The molecular weight excluding hydrogens is 196 g/mol. The summed E-state index contributed by atoms with van der Waals surface area (Å²) >= 11 is 0. The summed E-state index contributed by atoms with van der Waals surface area (Å²) < 4.78 is 5.90. The van der Waals surface area contributed by atoms with Gasteiger partial charge in [0.15, 0.2) is 0 Å². The van der Waals surface area contributed by atoms with Crippen LogP contribution in [0.5, 0.6) is 0 Å². The van der Waals surface area contributed by atoms with Gasteiger partial charge in [0.1, 0.15) is 0 Å². The fourth-order valence-corrected chi connectivity index (χ4v) is 6.12. The molecule has 16 heavy (non-hydrogen) atoms. The van der Waals surface area contributed by atoms with Crippen molar-refractivity contribution in [1.82, 2.24) is 0 Å². The smallest absolute Gasteiger partial charge is 0.0950 e. The molecule has 1 nitrogen and oxygen atoms in total. The Kier molecular flexibility index (Phi) is 1.57. The van der Waals surface area contributed by atoms with E-state index in [1.807, 2.05) is 0 Å². The van der Waals surface area contributed by atoms with Gasteiger partial charge in [0, 0.05) is 0 Å². The van der Waals surface area contributed by atoms with E-state index in [1.54, 1.807) is 0 Å². The molecule has 1 saturated heterocycles. The minimum Gasteiger partial charge on any atom is -0.369 e. The maximum atomic E-state index is 5.90. The van der Waals surface area contributed by atoms with Crippen LogP contribution < -0.4 is 0 Å². The van der Waals surface area contributed by atoms with E-state index in [0.717, 1.165) is 24.4 Å². The Morgan fingerprint density at radius 2 is 1.81 bits per heavy atom. The number of fused-ring (bicyclic) bond motifs is 2. The van der Waals surface area contributed by atoms with Crippen LogP contribution in [-0.4, -0.2) is 12.2 Å². The highest BCUT2D eigenvalue weighted by atomic mass is 16.6. The molecular formula is C15H24O. The van der Waals surface area contributed by atoms with E-state index in [9.17, 15) is 0 Å². The lowest BCUT2D eigenvalue weighted by Gasteiger charge is -2.39. The van der Waals surface area contributed by atoms with Crippen LogP contribution in [0.15, 0.2) is 0 Å². The largest absolute Gasteiger partial charge is 0.369 e. The Bertz CT molecular complexity index is 337. The molecule has 3 aliphatic carbocycles. The van der Waals surface area contributed by atoms with Gasteiger partial charge in [-0.1, -0.05) is 20.8 Å². The van der Waals surface area contributed by atoms with E-state index in [1.165, 1.54) is 32.1 Å². The molecule has 2 unspecified atom stereocenters. The molecule has 0 radical (unpaired) electrons. The summed E-state index contributed by atoms with van der Waals surface area (Å²) in [5, 5.41) is 0. The van der Waals surface area contributed by atoms with Crippen LogP contribution in [0.2, 0.25) is 0 Å². The first-order valence-electron chi connectivity index (χ1n) is 7.15. The van der Waals surface area contributed by atoms with Gasteiger partial charge in [-0.25, -0.2) is 0 Å². The first-order chi connectivity index (χ1) is 7.51. The molecule has 4 rings (SSSR count). The Hall–Kier alpha value is -0.0400. The molecule has 5 atom stereocenters. The Balaban J connectivity index is 1.82. The minimum absolute atomic E-state index is 0.346. The Morgan fingerprint density at radius 3 is 2.50 bits per heavy atom. The van der Waals surface area contributed by atoms with Crippen molar-refractivity contribution in [1.29, 1.82) is 0 Å². The quantitative estimate of drug-likeness (QED) is 0.568. The lowest BCUT2D eigenvalue weighted by Crippen LogP contribution is -2.37. The Labute approximate surface area is 98.9 Å². The zero-order chi connectivity index (χ0) is 11.2. The number of hydrogen-bond donors (Lipinski definition) is 0. The average molecular weight is 220 g/mol. The molecule has 3 saturated carbocycles. The maximum absolute atomic E-state index is 5.90. The van der Waals surface area contributed by atoms with E-state index in [-0.39, 0.29) is 0 Å². The van der Waals surface area contributed by atoms with Crippen LogP contribution in [0.1, 0.15) is 52.9 Å². The minimum atomic E-state index is 0.346. The molecule has 0 amide bonds. The van der Waals surface area contributed by atoms with E-state index in [0.29, 0.717) is 16.4 Å². The highest BCUT2D eigenvalue weighted by Crippen LogP contribution is 2.75. The van der Waals surface area contributed by atoms with Crippen LogP contribution in [0.4, 0.5) is 0 Å². The van der Waals surface area contributed by atoms with Crippen molar-refractivity contribution >= 4 is 0 Å². The highest BCUT2D eigenvalue weighted by molar-refractivity contribution is 5.21. The molecule has 1 heteroatoms. The van der Waals surface area contributed by atoms with Crippen LogP contribution >= 0.6 is 0 Å². The van der Waals surface area contributed by atoms with Crippen molar-refractivity contribution < 1.29 is 4.74 Å². The van der Waals surface area contributed by atoms with Crippen molar-refractivity contribution in [2.45, 2.75) is 58.5 Å². The topological polar surface area (TPSA) is 12.5 Å². The second-order valence-electron chi connectivity index (χ2n) is 7.70. The van der Waals surface area contributed by atoms with Crippen LogP contribution in [0.25, 0.3) is 0 Å². The summed E-state index contributed by atoms with van der Waals surface area (Å²) in [5.74, 6) is 2.82. The summed E-state index contributed by atoms with van der Waals surface area (Å²) in [6.07, 6.45) is 7.27. The molecule has 0 aromatic carbocycles. The van der Waals surface area contributed by atoms with Gasteiger partial charge in [0.2, 0.25) is 0 Å². The third-order valence-electron chi connectivity index (χ3n) is 7.11. The molecule has 4 aliphatic rings. The summed E-state index contributed by atoms with van der Waals surface area (Å²) in [4.78, 5) is 0. The van der Waals surface area contributed by atoms with Gasteiger partial charge in [0.25, 0.3) is 0 Å². The maximum Gasteiger partial charge on any atom is 0.0950 e. The standard InChI is InChI=1S/C15H24O/c1-10-4-5-11-13(2,3)12-8-14(10,11)6-7-15(12)9-16-15/h10-12H,4-9H2,1-3H3/t10-,11+,12?,14-,15?/m1/s1. The lowest BCUT2D eigenvalue weighted by molar-refractivity contribution is 0.0696. The van der Waals surface area contributed by atoms with Gasteiger partial charge in [-0.15, -0.1) is 0 Å². The van der Waals surface area contributed by atoms with Crippen molar-refractivity contribution in [2.24, 2.45) is 28.6 Å². The summed E-state index contributed by atoms with van der Waals surface area (Å²) in [6, 6.07) is 0. The van der Waals surface area contributed by atoms with Crippen LogP contribution in [0, 0.1) is 28.6 Å². The molecule has 90 valence electrons. The highest BCUT2D eigenvalue weighted by Gasteiger charge is 2.72. The normalized spacial score (nSPS) is 61.3. The van der Waals surface area contributed by atoms with E-state index < -0.39 is 0 Å². The van der Waals surface area contributed by atoms with Crippen molar-refractivity contribution in [3.8, 4) is 0 Å². The van der Waals surface area contributed by atoms with Gasteiger partial charge in [0.05, 0.1) is 12.2 Å². The average Bonchev–Trinajstić information content (AvgIpc) is 2.89. The van der Waals surface area contributed by atoms with Crippen LogP contribution in [0.3, 0.4) is 0 Å². The second kappa shape index (κ2) is 2.53. The summed E-state index contributed by atoms with van der Waals surface area (Å²) in [5.41, 5.74) is 1.60. The first kappa shape index (κ1) is 9.94. The SMILES string of the molecule is C[C@@H]1CC[C@H]2C(C)(C)C3C[C@]12CCC31CO1.